The van der Waals surface area contributed by atoms with Crippen molar-refractivity contribution >= 4 is 77.9 Å². The number of carbonyl (C=O) groups is 2. The van der Waals surface area contributed by atoms with Gasteiger partial charge in [0.2, 0.25) is 20.0 Å². The Hall–Kier alpha value is -2.85. The number of allylic oxidation sites excluding steroid dienone is 2. The minimum Gasteiger partial charge on any atom is -0.651 e. The second kappa shape index (κ2) is 13.4. The summed E-state index contributed by atoms with van der Waals surface area (Å²) in [5.41, 5.74) is 1.28. The van der Waals surface area contributed by atoms with Crippen molar-refractivity contribution in [3.8, 4) is 0 Å². The molecular formula is C22H16CoF6N4O6S4. The number of thioether (sulfide) groups is 2. The van der Waals surface area contributed by atoms with E-state index in [0.29, 0.717) is 33.3 Å². The van der Waals surface area contributed by atoms with Crippen LogP contribution < -0.4 is 9.44 Å². The summed E-state index contributed by atoms with van der Waals surface area (Å²) in [7, 11) is -6.91. The first-order valence-corrected chi connectivity index (χ1v) is 16.2. The maximum Gasteiger partial charge on any atom is 2.00 e. The van der Waals surface area contributed by atoms with Crippen LogP contribution in [0.4, 0.5) is 49.1 Å². The van der Waals surface area contributed by atoms with Gasteiger partial charge in [0.05, 0.1) is 12.5 Å². The van der Waals surface area contributed by atoms with Crippen molar-refractivity contribution in [2.75, 3.05) is 22.0 Å². The van der Waals surface area contributed by atoms with E-state index in [9.17, 15) is 52.8 Å². The monoisotopic (exact) mass is 733 g/mol. The average Bonchev–Trinajstić information content (AvgIpc) is 3.38. The quantitative estimate of drug-likeness (QED) is 0.260. The SMILES string of the molecule is CS(=O)(=O)Nc1ccc2c(c1)S/C(=C/C(=O)C(F)(F)F)[N-]2.CS(=O)(=O)Nc1ccc2c(c1)S/C(=C/C(=O)C(F)(F)F)[N-]2.[Co+2]. The van der Waals surface area contributed by atoms with E-state index in [1.165, 1.54) is 36.4 Å². The van der Waals surface area contributed by atoms with Crippen LogP contribution in [0.2, 0.25) is 0 Å². The Morgan fingerprint density at radius 3 is 1.30 bits per heavy atom. The van der Waals surface area contributed by atoms with Crippen LogP contribution in [0.1, 0.15) is 0 Å². The number of alkyl halides is 6. The Morgan fingerprint density at radius 1 is 0.698 bits per heavy atom. The van der Waals surface area contributed by atoms with Crippen molar-refractivity contribution in [1.29, 1.82) is 0 Å². The summed E-state index contributed by atoms with van der Waals surface area (Å²) in [4.78, 5) is 22.6. The van der Waals surface area contributed by atoms with Gasteiger partial charge in [0, 0.05) is 11.4 Å². The molecule has 0 spiro atoms. The second-order valence-corrected chi connectivity index (χ2v) is 13.9. The Kier molecular flexibility index (Phi) is 11.3. The molecule has 2 heterocycles. The molecular weight excluding hydrogens is 717 g/mol. The first-order valence-electron chi connectivity index (χ1n) is 10.8. The van der Waals surface area contributed by atoms with E-state index in [0.717, 1.165) is 36.0 Å². The summed E-state index contributed by atoms with van der Waals surface area (Å²) in [5, 5.41) is 7.55. The number of carbonyl (C=O) groups excluding carboxylic acids is 2. The Morgan fingerprint density at radius 2 is 1.02 bits per heavy atom. The van der Waals surface area contributed by atoms with Crippen LogP contribution in [-0.2, 0) is 46.4 Å². The number of ketones is 2. The van der Waals surface area contributed by atoms with Crippen molar-refractivity contribution in [3.63, 3.8) is 0 Å². The van der Waals surface area contributed by atoms with Crippen LogP contribution in [0.5, 0.6) is 0 Å². The van der Waals surface area contributed by atoms with E-state index < -0.39 is 44.0 Å². The van der Waals surface area contributed by atoms with Gasteiger partial charge in [0.1, 0.15) is 0 Å². The number of hydrogen-bond donors (Lipinski definition) is 2. The Balaban J connectivity index is 0.000000293. The molecule has 10 nitrogen and oxygen atoms in total. The van der Waals surface area contributed by atoms with E-state index in [1.807, 2.05) is 0 Å². The first kappa shape index (κ1) is 36.3. The van der Waals surface area contributed by atoms with E-state index in [1.54, 1.807) is 0 Å². The summed E-state index contributed by atoms with van der Waals surface area (Å²) in [5.74, 6) is -3.98. The number of nitrogens with zero attached hydrogens (tertiary/aromatic N) is 2. The Labute approximate surface area is 259 Å². The molecule has 0 saturated carbocycles. The molecule has 4 rings (SSSR count). The minimum atomic E-state index is -4.94. The van der Waals surface area contributed by atoms with Crippen LogP contribution in [0.3, 0.4) is 0 Å². The number of benzene rings is 2. The fourth-order valence-corrected chi connectivity index (χ4v) is 5.94. The number of rotatable bonds is 6. The van der Waals surface area contributed by atoms with Gasteiger partial charge in [-0.15, -0.1) is 34.9 Å². The maximum atomic E-state index is 12.2. The van der Waals surface area contributed by atoms with Crippen molar-refractivity contribution in [1.82, 2.24) is 0 Å². The third-order valence-electron chi connectivity index (χ3n) is 4.48. The molecule has 21 heteroatoms. The van der Waals surface area contributed by atoms with Crippen LogP contribution in [-0.4, -0.2) is 53.3 Å². The molecule has 0 bridgehead atoms. The third kappa shape index (κ3) is 11.3. The number of hydrogen-bond acceptors (Lipinski definition) is 8. The second-order valence-electron chi connectivity index (χ2n) is 8.23. The van der Waals surface area contributed by atoms with Crippen molar-refractivity contribution in [2.24, 2.45) is 0 Å². The number of nitrogens with one attached hydrogen (secondary N) is 2. The van der Waals surface area contributed by atoms with Crippen LogP contribution >= 0.6 is 23.5 Å². The fraction of sp³-hybridized carbons (Fsp3) is 0.182. The van der Waals surface area contributed by atoms with E-state index >= 15 is 0 Å². The summed E-state index contributed by atoms with van der Waals surface area (Å²) in [6.07, 6.45) is -7.11. The van der Waals surface area contributed by atoms with Gasteiger partial charge in [-0.2, -0.15) is 26.3 Å². The predicted octanol–water partition coefficient (Wildman–Crippen LogP) is 6.28. The summed E-state index contributed by atoms with van der Waals surface area (Å²) >= 11 is 1.72. The van der Waals surface area contributed by atoms with Gasteiger partial charge in [-0.05, 0) is 46.2 Å². The molecule has 0 unspecified atom stereocenters. The summed E-state index contributed by atoms with van der Waals surface area (Å²) < 4.78 is 122. The normalized spacial score (nSPS) is 16.1. The van der Waals surface area contributed by atoms with Crippen molar-refractivity contribution in [2.45, 2.75) is 22.1 Å². The van der Waals surface area contributed by atoms with Gasteiger partial charge < -0.3 is 10.6 Å². The molecule has 0 aliphatic carbocycles. The third-order valence-corrected chi connectivity index (χ3v) is 7.63. The maximum absolute atomic E-state index is 12.2. The van der Waals surface area contributed by atoms with Gasteiger partial charge in [0.25, 0.3) is 11.6 Å². The van der Waals surface area contributed by atoms with Gasteiger partial charge in [-0.25, -0.2) is 16.8 Å². The molecule has 0 atom stereocenters. The number of halogens is 6. The number of anilines is 2. The molecule has 2 aliphatic rings. The first-order chi connectivity index (χ1) is 19.1. The zero-order valence-electron chi connectivity index (χ0n) is 21.2. The summed E-state index contributed by atoms with van der Waals surface area (Å²) in [6.45, 7) is 0. The van der Waals surface area contributed by atoms with Gasteiger partial charge >= 0.3 is 29.1 Å². The van der Waals surface area contributed by atoms with Gasteiger partial charge in [-0.1, -0.05) is 22.2 Å². The smallest absolute Gasteiger partial charge is 0.651 e. The van der Waals surface area contributed by atoms with Crippen molar-refractivity contribution < 1.29 is 69.5 Å². The van der Waals surface area contributed by atoms with E-state index in [2.05, 4.69) is 20.1 Å². The summed E-state index contributed by atoms with van der Waals surface area (Å²) in [6, 6.07) is 8.63. The molecule has 0 fully saturated rings. The molecule has 0 saturated heterocycles. The predicted molar refractivity (Wildman–Crippen MR) is 146 cm³/mol. The fourth-order valence-electron chi connectivity index (χ4n) is 2.95. The number of sulfonamides is 2. The molecule has 0 aromatic heterocycles. The van der Waals surface area contributed by atoms with Crippen molar-refractivity contribution in [3.05, 3.63) is 69.2 Å². The Bertz CT molecular complexity index is 1590. The largest absolute Gasteiger partial charge is 2.00 e. The molecule has 43 heavy (non-hydrogen) atoms. The zero-order valence-corrected chi connectivity index (χ0v) is 25.5. The van der Waals surface area contributed by atoms with Crippen LogP contribution in [0.25, 0.3) is 10.6 Å². The average molecular weight is 734 g/mol. The van der Waals surface area contributed by atoms with Crippen LogP contribution in [0.15, 0.2) is 68.4 Å². The van der Waals surface area contributed by atoms with E-state index in [4.69, 9.17) is 0 Å². The molecule has 2 aliphatic heterocycles. The van der Waals surface area contributed by atoms with E-state index in [-0.39, 0.29) is 38.2 Å². The minimum absolute atomic E-state index is 0. The molecule has 2 N–H and O–H groups in total. The molecule has 2 aromatic carbocycles. The van der Waals surface area contributed by atoms with Gasteiger partial charge in [0.15, 0.2) is 0 Å². The molecule has 235 valence electrons. The molecule has 1 radical (unpaired) electrons. The zero-order chi connectivity index (χ0) is 31.7. The molecule has 2 aromatic rings. The number of fused-ring (bicyclic) bond motifs is 2. The topological polar surface area (TPSA) is 155 Å². The van der Waals surface area contributed by atoms with Crippen LogP contribution in [0, 0.1) is 0 Å². The standard InChI is InChI=1S/2C11H9F3N2O3S2.Co/c2*1-21(18,19)16-6-2-3-7-8(4-6)20-10(15-7)5-9(17)11(12,13)14;/h2*2-5,16H,1H3,(H,15,17);/q;;+2/p-2. The molecule has 0 amide bonds. The van der Waals surface area contributed by atoms with Gasteiger partial charge in [-0.3, -0.25) is 19.0 Å².